The fourth-order valence-electron chi connectivity index (χ4n) is 1.68. The van der Waals surface area contributed by atoms with Crippen molar-refractivity contribution in [1.82, 2.24) is 4.98 Å². The van der Waals surface area contributed by atoms with Gasteiger partial charge in [0.05, 0.1) is 7.11 Å². The summed E-state index contributed by atoms with van der Waals surface area (Å²) < 4.78 is 5.25. The predicted molar refractivity (Wildman–Crippen MR) is 71.3 cm³/mol. The molecule has 0 aliphatic carbocycles. The van der Waals surface area contributed by atoms with E-state index in [2.05, 4.69) is 24.1 Å². The molecule has 0 aliphatic heterocycles. The quantitative estimate of drug-likeness (QED) is 0.763. The van der Waals surface area contributed by atoms with Crippen molar-refractivity contribution >= 4 is 5.82 Å². The van der Waals surface area contributed by atoms with Crippen LogP contribution < -0.4 is 15.8 Å². The van der Waals surface area contributed by atoms with Crippen LogP contribution in [0.5, 0.6) is 5.75 Å². The van der Waals surface area contributed by atoms with E-state index in [1.807, 2.05) is 12.1 Å². The number of anilines is 1. The maximum Gasteiger partial charge on any atom is 0.168 e. The first-order chi connectivity index (χ1) is 8.09. The van der Waals surface area contributed by atoms with Crippen LogP contribution in [0.4, 0.5) is 5.82 Å². The number of rotatable bonds is 7. The van der Waals surface area contributed by atoms with E-state index in [9.17, 15) is 0 Å². The molecule has 1 rings (SSSR count). The van der Waals surface area contributed by atoms with Gasteiger partial charge in [0.2, 0.25) is 0 Å². The molecule has 1 aromatic rings. The van der Waals surface area contributed by atoms with Crippen LogP contribution in [0, 0.1) is 5.41 Å². The van der Waals surface area contributed by atoms with E-state index < -0.39 is 0 Å². The van der Waals surface area contributed by atoms with E-state index in [0.717, 1.165) is 37.5 Å². The molecule has 3 N–H and O–H groups in total. The molecule has 0 atom stereocenters. The highest BCUT2D eigenvalue weighted by Gasteiger charge is 2.17. The minimum atomic E-state index is 0.210. The lowest BCUT2D eigenvalue weighted by Crippen LogP contribution is -2.24. The lowest BCUT2D eigenvalue weighted by Gasteiger charge is -2.25. The fraction of sp³-hybridized carbons (Fsp3) is 0.615. The molecule has 0 fully saturated rings. The highest BCUT2D eigenvalue weighted by atomic mass is 16.5. The molecule has 0 aliphatic rings. The monoisotopic (exact) mass is 237 g/mol. The molecule has 0 spiro atoms. The number of pyridine rings is 1. The molecule has 96 valence electrons. The molecule has 0 bridgehead atoms. The Labute approximate surface area is 104 Å². The maximum absolute atomic E-state index is 5.54. The van der Waals surface area contributed by atoms with Crippen molar-refractivity contribution < 1.29 is 4.74 Å². The molecule has 0 saturated heterocycles. The van der Waals surface area contributed by atoms with Crippen molar-refractivity contribution in [3.05, 3.63) is 18.3 Å². The van der Waals surface area contributed by atoms with Crippen LogP contribution >= 0.6 is 0 Å². The first-order valence-electron chi connectivity index (χ1n) is 6.02. The summed E-state index contributed by atoms with van der Waals surface area (Å²) in [5, 5.41) is 3.34. The van der Waals surface area contributed by atoms with Gasteiger partial charge in [0.1, 0.15) is 0 Å². The molecule has 4 heteroatoms. The van der Waals surface area contributed by atoms with Gasteiger partial charge in [0.25, 0.3) is 0 Å². The van der Waals surface area contributed by atoms with Crippen molar-refractivity contribution in [2.75, 3.05) is 25.5 Å². The zero-order chi connectivity index (χ0) is 12.7. The smallest absolute Gasteiger partial charge is 0.168 e. The summed E-state index contributed by atoms with van der Waals surface area (Å²) in [6.07, 6.45) is 3.91. The van der Waals surface area contributed by atoms with Crippen molar-refractivity contribution in [2.45, 2.75) is 26.7 Å². The van der Waals surface area contributed by atoms with Gasteiger partial charge >= 0.3 is 0 Å². The zero-order valence-corrected chi connectivity index (χ0v) is 11.0. The van der Waals surface area contributed by atoms with Gasteiger partial charge in [0, 0.05) is 12.7 Å². The second kappa shape index (κ2) is 6.45. The normalized spacial score (nSPS) is 11.3. The lowest BCUT2D eigenvalue weighted by molar-refractivity contribution is 0.348. The summed E-state index contributed by atoms with van der Waals surface area (Å²) in [6, 6.07) is 3.77. The van der Waals surface area contributed by atoms with Gasteiger partial charge in [-0.3, -0.25) is 0 Å². The van der Waals surface area contributed by atoms with Crippen molar-refractivity contribution in [3.63, 3.8) is 0 Å². The Hall–Kier alpha value is -1.29. The van der Waals surface area contributed by atoms with E-state index >= 15 is 0 Å². The van der Waals surface area contributed by atoms with Gasteiger partial charge in [0.15, 0.2) is 11.6 Å². The number of hydrogen-bond acceptors (Lipinski definition) is 4. The standard InChI is InChI=1S/C13H23N3O/c1-13(2,7-5-8-14)10-16-12-11(17-3)6-4-9-15-12/h4,6,9H,5,7-8,10,14H2,1-3H3,(H,15,16). The second-order valence-electron chi connectivity index (χ2n) is 4.96. The van der Waals surface area contributed by atoms with Gasteiger partial charge in [-0.25, -0.2) is 4.98 Å². The zero-order valence-electron chi connectivity index (χ0n) is 11.0. The molecule has 1 heterocycles. The molecule has 17 heavy (non-hydrogen) atoms. The minimum absolute atomic E-state index is 0.210. The Morgan fingerprint density at radius 3 is 2.88 bits per heavy atom. The Kier molecular flexibility index (Phi) is 5.22. The van der Waals surface area contributed by atoms with Crippen LogP contribution in [-0.4, -0.2) is 25.2 Å². The largest absolute Gasteiger partial charge is 0.493 e. The molecule has 0 aromatic carbocycles. The molecule has 1 aromatic heterocycles. The highest BCUT2D eigenvalue weighted by Crippen LogP contribution is 2.25. The SMILES string of the molecule is COc1cccnc1NCC(C)(C)CCCN. The van der Waals surface area contributed by atoms with Crippen LogP contribution in [0.15, 0.2) is 18.3 Å². The lowest BCUT2D eigenvalue weighted by atomic mass is 9.88. The number of nitrogens with two attached hydrogens (primary N) is 1. The van der Waals surface area contributed by atoms with Crippen molar-refractivity contribution in [3.8, 4) is 5.75 Å². The molecule has 0 saturated carbocycles. The summed E-state index contributed by atoms with van der Waals surface area (Å²) in [7, 11) is 1.65. The first kappa shape index (κ1) is 13.8. The molecule has 0 unspecified atom stereocenters. The average molecular weight is 237 g/mol. The van der Waals surface area contributed by atoms with E-state index in [1.165, 1.54) is 0 Å². The summed E-state index contributed by atoms with van der Waals surface area (Å²) in [6.45, 7) is 6.06. The maximum atomic E-state index is 5.54. The van der Waals surface area contributed by atoms with Gasteiger partial charge in [-0.1, -0.05) is 13.8 Å². The summed E-state index contributed by atoms with van der Waals surface area (Å²) in [5.41, 5.74) is 5.75. The summed E-state index contributed by atoms with van der Waals surface area (Å²) in [5.74, 6) is 1.58. The Bertz CT molecular complexity index is 339. The van der Waals surface area contributed by atoms with Gasteiger partial charge in [-0.2, -0.15) is 0 Å². The van der Waals surface area contributed by atoms with E-state index in [1.54, 1.807) is 13.3 Å². The van der Waals surface area contributed by atoms with Crippen LogP contribution in [0.25, 0.3) is 0 Å². The number of aromatic nitrogens is 1. The van der Waals surface area contributed by atoms with Crippen molar-refractivity contribution in [2.24, 2.45) is 11.1 Å². The van der Waals surface area contributed by atoms with E-state index in [-0.39, 0.29) is 5.41 Å². The number of nitrogens with one attached hydrogen (secondary N) is 1. The van der Waals surface area contributed by atoms with Gasteiger partial charge in [-0.05, 0) is 36.9 Å². The minimum Gasteiger partial charge on any atom is -0.493 e. The highest BCUT2D eigenvalue weighted by molar-refractivity contribution is 5.49. The van der Waals surface area contributed by atoms with Crippen LogP contribution in [0.3, 0.4) is 0 Å². The summed E-state index contributed by atoms with van der Waals surface area (Å²) in [4.78, 5) is 4.27. The molecule has 4 nitrogen and oxygen atoms in total. The van der Waals surface area contributed by atoms with Gasteiger partial charge < -0.3 is 15.8 Å². The Balaban J connectivity index is 2.54. The average Bonchev–Trinajstić information content (AvgIpc) is 2.34. The number of ether oxygens (including phenoxy) is 1. The van der Waals surface area contributed by atoms with Crippen LogP contribution in [0.1, 0.15) is 26.7 Å². The topological polar surface area (TPSA) is 60.2 Å². The number of nitrogens with zero attached hydrogens (tertiary/aromatic N) is 1. The molecule has 0 radical (unpaired) electrons. The second-order valence-corrected chi connectivity index (χ2v) is 4.96. The fourth-order valence-corrected chi connectivity index (χ4v) is 1.68. The Morgan fingerprint density at radius 1 is 1.47 bits per heavy atom. The number of methoxy groups -OCH3 is 1. The molecular formula is C13H23N3O. The third-order valence-corrected chi connectivity index (χ3v) is 2.78. The van der Waals surface area contributed by atoms with Gasteiger partial charge in [-0.15, -0.1) is 0 Å². The molecular weight excluding hydrogens is 214 g/mol. The summed E-state index contributed by atoms with van der Waals surface area (Å²) >= 11 is 0. The predicted octanol–water partition coefficient (Wildman–Crippen LogP) is 2.27. The molecule has 0 amide bonds. The van der Waals surface area contributed by atoms with Crippen molar-refractivity contribution in [1.29, 1.82) is 0 Å². The number of hydrogen-bond donors (Lipinski definition) is 2. The van der Waals surface area contributed by atoms with E-state index in [0.29, 0.717) is 0 Å². The third kappa shape index (κ3) is 4.61. The first-order valence-corrected chi connectivity index (χ1v) is 6.02. The Morgan fingerprint density at radius 2 is 2.24 bits per heavy atom. The van der Waals surface area contributed by atoms with E-state index in [4.69, 9.17) is 10.5 Å². The third-order valence-electron chi connectivity index (χ3n) is 2.78. The van der Waals surface area contributed by atoms with Crippen LogP contribution in [-0.2, 0) is 0 Å². The van der Waals surface area contributed by atoms with Crippen LogP contribution in [0.2, 0.25) is 0 Å².